The Morgan fingerprint density at radius 1 is 1.56 bits per heavy atom. The van der Waals surface area contributed by atoms with Gasteiger partial charge in [0.1, 0.15) is 0 Å². The number of hydrogen-bond acceptors (Lipinski definition) is 4. The number of nitrogens with zero attached hydrogens (tertiary/aromatic N) is 1. The van der Waals surface area contributed by atoms with Crippen molar-refractivity contribution in [2.24, 2.45) is 0 Å². The fourth-order valence-electron chi connectivity index (χ4n) is 1.21. The molecule has 2 N–H and O–H groups in total. The number of hydrogen-bond donors (Lipinski definition) is 2. The number of thioether (sulfide) groups is 1. The summed E-state index contributed by atoms with van der Waals surface area (Å²) in [6.07, 6.45) is -0.440. The normalized spacial score (nSPS) is 13.4. The Balaban J connectivity index is 2.47. The maximum atomic E-state index is 11.6. The van der Waals surface area contributed by atoms with E-state index >= 15 is 0 Å². The SMILES string of the molecule is CC(O)C(C)SCC(=O)Nc1cccc(C#N)c1. The molecule has 18 heavy (non-hydrogen) atoms. The number of nitriles is 1. The third-order valence-corrected chi connectivity index (χ3v) is 3.78. The van der Waals surface area contributed by atoms with Crippen molar-refractivity contribution >= 4 is 23.4 Å². The maximum absolute atomic E-state index is 11.6. The lowest BCUT2D eigenvalue weighted by molar-refractivity contribution is -0.113. The number of anilines is 1. The van der Waals surface area contributed by atoms with Crippen LogP contribution >= 0.6 is 11.8 Å². The molecule has 2 atom stereocenters. The van der Waals surface area contributed by atoms with Crippen molar-refractivity contribution in [1.82, 2.24) is 0 Å². The summed E-state index contributed by atoms with van der Waals surface area (Å²) in [4.78, 5) is 11.6. The highest BCUT2D eigenvalue weighted by molar-refractivity contribution is 8.00. The molecule has 0 spiro atoms. The van der Waals surface area contributed by atoms with Gasteiger partial charge in [0.05, 0.1) is 23.5 Å². The molecule has 0 saturated carbocycles. The molecule has 0 aliphatic heterocycles. The molecule has 0 fully saturated rings. The van der Waals surface area contributed by atoms with E-state index in [1.165, 1.54) is 11.8 Å². The molecule has 0 aliphatic rings. The van der Waals surface area contributed by atoms with E-state index in [2.05, 4.69) is 5.32 Å². The average Bonchev–Trinajstić information content (AvgIpc) is 2.36. The zero-order valence-electron chi connectivity index (χ0n) is 10.4. The van der Waals surface area contributed by atoms with E-state index in [4.69, 9.17) is 5.26 Å². The zero-order chi connectivity index (χ0) is 13.5. The summed E-state index contributed by atoms with van der Waals surface area (Å²) >= 11 is 1.39. The Morgan fingerprint density at radius 3 is 2.89 bits per heavy atom. The van der Waals surface area contributed by atoms with Crippen molar-refractivity contribution < 1.29 is 9.90 Å². The number of aliphatic hydroxyl groups excluding tert-OH is 1. The minimum absolute atomic E-state index is 0.0150. The van der Waals surface area contributed by atoms with Gasteiger partial charge in [0, 0.05) is 10.9 Å². The van der Waals surface area contributed by atoms with Crippen molar-refractivity contribution in [3.63, 3.8) is 0 Å². The summed E-state index contributed by atoms with van der Waals surface area (Å²) in [6.45, 7) is 3.57. The molecule has 5 heteroatoms. The topological polar surface area (TPSA) is 73.1 Å². The first kappa shape index (κ1) is 14.6. The van der Waals surface area contributed by atoms with Gasteiger partial charge in [0.2, 0.25) is 5.91 Å². The quantitative estimate of drug-likeness (QED) is 0.853. The number of carbonyl (C=O) groups excluding carboxylic acids is 1. The second-order valence-electron chi connectivity index (χ2n) is 4.00. The first-order chi connectivity index (χ1) is 8.52. The van der Waals surface area contributed by atoms with Gasteiger partial charge in [-0.15, -0.1) is 11.8 Å². The second-order valence-corrected chi connectivity index (χ2v) is 5.36. The molecule has 1 aromatic rings. The molecule has 0 aliphatic carbocycles. The Labute approximate surface area is 111 Å². The lowest BCUT2D eigenvalue weighted by atomic mass is 10.2. The van der Waals surface area contributed by atoms with E-state index in [1.54, 1.807) is 31.2 Å². The number of aliphatic hydroxyl groups is 1. The molecule has 1 aromatic carbocycles. The van der Waals surface area contributed by atoms with Gasteiger partial charge in [-0.1, -0.05) is 13.0 Å². The number of amides is 1. The third kappa shape index (κ3) is 4.78. The maximum Gasteiger partial charge on any atom is 0.234 e. The predicted molar refractivity (Wildman–Crippen MR) is 73.4 cm³/mol. The van der Waals surface area contributed by atoms with Gasteiger partial charge in [-0.3, -0.25) is 4.79 Å². The first-order valence-corrected chi connectivity index (χ1v) is 6.67. The van der Waals surface area contributed by atoms with Crippen LogP contribution < -0.4 is 5.32 Å². The molecule has 0 saturated heterocycles. The number of nitrogens with one attached hydrogen (secondary N) is 1. The van der Waals surface area contributed by atoms with Crippen LogP contribution in [-0.4, -0.2) is 28.1 Å². The molecular weight excluding hydrogens is 248 g/mol. The van der Waals surface area contributed by atoms with Crippen LogP contribution in [0.4, 0.5) is 5.69 Å². The number of benzene rings is 1. The summed E-state index contributed by atoms with van der Waals surface area (Å²) in [5.41, 5.74) is 1.13. The van der Waals surface area contributed by atoms with Crippen LogP contribution in [0.5, 0.6) is 0 Å². The molecule has 96 valence electrons. The van der Waals surface area contributed by atoms with E-state index in [-0.39, 0.29) is 16.9 Å². The highest BCUT2D eigenvalue weighted by Crippen LogP contribution is 2.15. The fraction of sp³-hybridized carbons (Fsp3) is 0.385. The van der Waals surface area contributed by atoms with Crippen molar-refractivity contribution in [3.8, 4) is 6.07 Å². The molecule has 0 bridgehead atoms. The molecule has 1 amide bonds. The van der Waals surface area contributed by atoms with Crippen molar-refractivity contribution in [2.75, 3.05) is 11.1 Å². The Hall–Kier alpha value is -1.51. The summed E-state index contributed by atoms with van der Waals surface area (Å²) in [5, 5.41) is 20.8. The van der Waals surface area contributed by atoms with E-state index in [0.717, 1.165) is 0 Å². The van der Waals surface area contributed by atoms with Crippen LogP contribution in [0.15, 0.2) is 24.3 Å². The Morgan fingerprint density at radius 2 is 2.28 bits per heavy atom. The molecule has 1 rings (SSSR count). The van der Waals surface area contributed by atoms with E-state index in [9.17, 15) is 9.90 Å². The van der Waals surface area contributed by atoms with Crippen molar-refractivity contribution in [3.05, 3.63) is 29.8 Å². The van der Waals surface area contributed by atoms with Crippen LogP contribution in [0.25, 0.3) is 0 Å². The summed E-state index contributed by atoms with van der Waals surface area (Å²) in [6, 6.07) is 8.78. The van der Waals surface area contributed by atoms with Crippen molar-refractivity contribution in [2.45, 2.75) is 25.2 Å². The molecule has 0 radical (unpaired) electrons. The zero-order valence-corrected chi connectivity index (χ0v) is 11.2. The van der Waals surface area contributed by atoms with Crippen molar-refractivity contribution in [1.29, 1.82) is 5.26 Å². The highest BCUT2D eigenvalue weighted by atomic mass is 32.2. The molecule has 0 heterocycles. The average molecular weight is 264 g/mol. The predicted octanol–water partition coefficient (Wildman–Crippen LogP) is 2.00. The van der Waals surface area contributed by atoms with Gasteiger partial charge in [-0.2, -0.15) is 5.26 Å². The first-order valence-electron chi connectivity index (χ1n) is 5.62. The Bertz CT molecular complexity index is 455. The third-order valence-electron chi connectivity index (χ3n) is 2.43. The summed E-state index contributed by atoms with van der Waals surface area (Å²) in [5.74, 6) is 0.144. The second kappa shape index (κ2) is 7.04. The van der Waals surface area contributed by atoms with Gasteiger partial charge >= 0.3 is 0 Å². The van der Waals surface area contributed by atoms with Gasteiger partial charge in [0.25, 0.3) is 0 Å². The van der Waals surface area contributed by atoms with Crippen LogP contribution in [0, 0.1) is 11.3 Å². The molecule has 2 unspecified atom stereocenters. The van der Waals surface area contributed by atoms with Gasteiger partial charge in [0.15, 0.2) is 0 Å². The Kier molecular flexibility index (Phi) is 5.69. The van der Waals surface area contributed by atoms with E-state index in [1.807, 2.05) is 13.0 Å². The molecule has 0 aromatic heterocycles. The minimum Gasteiger partial charge on any atom is -0.392 e. The largest absolute Gasteiger partial charge is 0.392 e. The van der Waals surface area contributed by atoms with Crippen LogP contribution in [0.3, 0.4) is 0 Å². The standard InChI is InChI=1S/C13H16N2O2S/c1-9(16)10(2)18-8-13(17)15-12-5-3-4-11(6-12)7-14/h3-6,9-10,16H,8H2,1-2H3,(H,15,17). The molecular formula is C13H16N2O2S. The van der Waals surface area contributed by atoms with Gasteiger partial charge in [-0.05, 0) is 25.1 Å². The molecule has 4 nitrogen and oxygen atoms in total. The van der Waals surface area contributed by atoms with E-state index in [0.29, 0.717) is 11.3 Å². The lowest BCUT2D eigenvalue weighted by Gasteiger charge is -2.13. The van der Waals surface area contributed by atoms with Crippen LogP contribution in [-0.2, 0) is 4.79 Å². The monoisotopic (exact) mass is 264 g/mol. The fourth-order valence-corrected chi connectivity index (χ4v) is 1.97. The summed E-state index contributed by atoms with van der Waals surface area (Å²) < 4.78 is 0. The van der Waals surface area contributed by atoms with E-state index < -0.39 is 6.10 Å². The smallest absolute Gasteiger partial charge is 0.234 e. The lowest BCUT2D eigenvalue weighted by Crippen LogP contribution is -2.20. The summed E-state index contributed by atoms with van der Waals surface area (Å²) in [7, 11) is 0. The highest BCUT2D eigenvalue weighted by Gasteiger charge is 2.11. The minimum atomic E-state index is -0.440. The number of rotatable bonds is 5. The van der Waals surface area contributed by atoms with Gasteiger partial charge in [-0.25, -0.2) is 0 Å². The van der Waals surface area contributed by atoms with Gasteiger partial charge < -0.3 is 10.4 Å². The van der Waals surface area contributed by atoms with Crippen LogP contribution in [0.2, 0.25) is 0 Å². The van der Waals surface area contributed by atoms with Crippen LogP contribution in [0.1, 0.15) is 19.4 Å². The number of carbonyl (C=O) groups is 1.